The minimum atomic E-state index is -1.20. The highest BCUT2D eigenvalue weighted by atomic mass is 32.1. The highest BCUT2D eigenvalue weighted by Crippen LogP contribution is 2.53. The van der Waals surface area contributed by atoms with Crippen molar-refractivity contribution >= 4 is 34.6 Å². The van der Waals surface area contributed by atoms with Crippen LogP contribution < -0.4 is 5.73 Å². The fourth-order valence-electron chi connectivity index (χ4n) is 4.99. The first-order valence-electron chi connectivity index (χ1n) is 11.1. The molecular formula is C25H25N3O7S. The minimum absolute atomic E-state index is 0.0661. The van der Waals surface area contributed by atoms with Gasteiger partial charge in [-0.1, -0.05) is 12.1 Å². The van der Waals surface area contributed by atoms with Crippen LogP contribution in [0.2, 0.25) is 0 Å². The average molecular weight is 512 g/mol. The highest BCUT2D eigenvalue weighted by Gasteiger charge is 2.58. The second kappa shape index (κ2) is 10.0. The summed E-state index contributed by atoms with van der Waals surface area (Å²) in [5.41, 5.74) is 6.84. The van der Waals surface area contributed by atoms with E-state index >= 15 is 0 Å². The largest absolute Gasteiger partial charge is 0.458 e. The molecule has 4 unspecified atom stereocenters. The predicted octanol–water partition coefficient (Wildman–Crippen LogP) is 3.53. The number of benzene rings is 1. The summed E-state index contributed by atoms with van der Waals surface area (Å²) in [5.74, 6) is -3.01. The number of nitro benzene ring substituents is 1. The molecule has 1 saturated heterocycles. The lowest BCUT2D eigenvalue weighted by molar-refractivity contribution is -0.385. The number of likely N-dealkylation sites (tertiary alicyclic amines) is 1. The number of furan rings is 1. The maximum atomic E-state index is 14.0. The molecule has 10 nitrogen and oxygen atoms in total. The van der Waals surface area contributed by atoms with Crippen molar-refractivity contribution in [3.63, 3.8) is 0 Å². The number of thiophene rings is 1. The first-order chi connectivity index (χ1) is 17.1. The zero-order valence-electron chi connectivity index (χ0n) is 19.9. The van der Waals surface area contributed by atoms with Crippen LogP contribution in [0.4, 0.5) is 5.69 Å². The fourth-order valence-corrected chi connectivity index (χ4v) is 6.10. The van der Waals surface area contributed by atoms with Crippen molar-refractivity contribution in [1.29, 1.82) is 0 Å². The number of rotatable bonds is 8. The van der Waals surface area contributed by atoms with Gasteiger partial charge in [-0.05, 0) is 48.6 Å². The maximum absolute atomic E-state index is 14.0. The zero-order chi connectivity index (χ0) is 26.1. The van der Waals surface area contributed by atoms with Crippen LogP contribution in [0.25, 0.3) is 0 Å². The Morgan fingerprint density at radius 2 is 1.94 bits per heavy atom. The van der Waals surface area contributed by atoms with Gasteiger partial charge in [-0.25, -0.2) is 0 Å². The second-order valence-corrected chi connectivity index (χ2v) is 9.62. The molecule has 3 heterocycles. The number of aryl methyl sites for hydroxylation is 2. The Kier molecular flexibility index (Phi) is 7.04. The molecule has 1 aromatic carbocycles. The summed E-state index contributed by atoms with van der Waals surface area (Å²) in [6, 6.07) is 8.53. The van der Waals surface area contributed by atoms with Gasteiger partial charge in [-0.15, -0.1) is 11.3 Å². The Morgan fingerprint density at radius 1 is 1.19 bits per heavy atom. The Hall–Kier alpha value is -3.83. The van der Waals surface area contributed by atoms with Gasteiger partial charge in [0.15, 0.2) is 5.76 Å². The number of non-ortho nitro benzene ring substituents is 1. The number of hydrogen-bond donors (Lipinski definition) is 1. The van der Waals surface area contributed by atoms with E-state index in [0.29, 0.717) is 11.3 Å². The molecule has 0 aliphatic carbocycles. The van der Waals surface area contributed by atoms with E-state index in [1.807, 2.05) is 18.4 Å². The van der Waals surface area contributed by atoms with E-state index in [-0.39, 0.29) is 18.1 Å². The topological polar surface area (TPSA) is 146 Å². The van der Waals surface area contributed by atoms with Crippen molar-refractivity contribution in [2.24, 2.45) is 11.7 Å². The lowest BCUT2D eigenvalue weighted by Crippen LogP contribution is -2.47. The SMILES string of the molecule is COCC(=O)N1C(C(N)=O)C(c2sccc2C)C(C(=O)c2ccc(C)o2)C1c1cccc([N+](=O)[O-])c1. The molecule has 4 rings (SSSR count). The van der Waals surface area contributed by atoms with Crippen molar-refractivity contribution < 1.29 is 28.5 Å². The molecule has 2 N–H and O–H groups in total. The molecule has 188 valence electrons. The number of amides is 2. The van der Waals surface area contributed by atoms with Crippen molar-refractivity contribution in [1.82, 2.24) is 4.90 Å². The molecule has 1 aliphatic rings. The van der Waals surface area contributed by atoms with Crippen LogP contribution in [0.1, 0.15) is 44.3 Å². The number of carbonyl (C=O) groups excluding carboxylic acids is 3. The van der Waals surface area contributed by atoms with E-state index < -0.39 is 46.4 Å². The molecule has 1 fully saturated rings. The van der Waals surface area contributed by atoms with Crippen LogP contribution in [0.5, 0.6) is 0 Å². The van der Waals surface area contributed by atoms with Crippen molar-refractivity contribution in [3.8, 4) is 0 Å². The average Bonchev–Trinajstić information content (AvgIpc) is 3.55. The molecule has 4 atom stereocenters. The molecule has 1 aliphatic heterocycles. The number of nitrogens with two attached hydrogens (primary N) is 1. The van der Waals surface area contributed by atoms with Gasteiger partial charge in [-0.3, -0.25) is 24.5 Å². The van der Waals surface area contributed by atoms with E-state index in [0.717, 1.165) is 10.4 Å². The number of nitro groups is 1. The van der Waals surface area contributed by atoms with Crippen LogP contribution in [-0.4, -0.2) is 47.2 Å². The highest BCUT2D eigenvalue weighted by molar-refractivity contribution is 7.10. The third kappa shape index (κ3) is 4.42. The fraction of sp³-hybridized carbons (Fsp3) is 0.320. The van der Waals surface area contributed by atoms with Gasteiger partial charge in [0.25, 0.3) is 5.69 Å². The van der Waals surface area contributed by atoms with Gasteiger partial charge in [0, 0.05) is 30.0 Å². The van der Waals surface area contributed by atoms with Crippen LogP contribution >= 0.6 is 11.3 Å². The van der Waals surface area contributed by atoms with Gasteiger partial charge in [-0.2, -0.15) is 0 Å². The molecule has 11 heteroatoms. The Bertz CT molecular complexity index is 1330. The van der Waals surface area contributed by atoms with Crippen LogP contribution in [0.3, 0.4) is 0 Å². The van der Waals surface area contributed by atoms with E-state index in [1.54, 1.807) is 25.1 Å². The molecule has 0 spiro atoms. The molecule has 2 aromatic heterocycles. The minimum Gasteiger partial charge on any atom is -0.458 e. The van der Waals surface area contributed by atoms with E-state index in [1.165, 1.54) is 41.5 Å². The number of methoxy groups -OCH3 is 1. The molecule has 3 aromatic rings. The lowest BCUT2D eigenvalue weighted by Gasteiger charge is -2.30. The molecule has 36 heavy (non-hydrogen) atoms. The zero-order valence-corrected chi connectivity index (χ0v) is 20.7. The normalized spacial score (nSPS) is 21.5. The summed E-state index contributed by atoms with van der Waals surface area (Å²) in [7, 11) is 1.34. The molecule has 0 saturated carbocycles. The van der Waals surface area contributed by atoms with Gasteiger partial charge in [0.2, 0.25) is 17.6 Å². The second-order valence-electron chi connectivity index (χ2n) is 8.67. The van der Waals surface area contributed by atoms with Crippen molar-refractivity contribution in [2.45, 2.75) is 31.8 Å². The van der Waals surface area contributed by atoms with Crippen LogP contribution in [-0.2, 0) is 14.3 Å². The predicted molar refractivity (Wildman–Crippen MR) is 131 cm³/mol. The quantitative estimate of drug-likeness (QED) is 0.276. The lowest BCUT2D eigenvalue weighted by atomic mass is 9.79. The summed E-state index contributed by atoms with van der Waals surface area (Å²) in [5, 5.41) is 13.4. The Labute approximate surface area is 210 Å². The number of primary amides is 1. The third-order valence-corrected chi connectivity index (χ3v) is 7.55. The van der Waals surface area contributed by atoms with E-state index in [2.05, 4.69) is 0 Å². The number of carbonyl (C=O) groups is 3. The molecular weight excluding hydrogens is 486 g/mol. The smallest absolute Gasteiger partial charge is 0.269 e. The van der Waals surface area contributed by atoms with Gasteiger partial charge in [0.05, 0.1) is 16.9 Å². The third-order valence-electron chi connectivity index (χ3n) is 6.43. The number of nitrogens with zero attached hydrogens (tertiary/aromatic N) is 2. The Morgan fingerprint density at radius 3 is 2.50 bits per heavy atom. The van der Waals surface area contributed by atoms with Crippen molar-refractivity contribution in [2.75, 3.05) is 13.7 Å². The van der Waals surface area contributed by atoms with Gasteiger partial charge in [0.1, 0.15) is 18.4 Å². The van der Waals surface area contributed by atoms with E-state index in [4.69, 9.17) is 14.9 Å². The van der Waals surface area contributed by atoms with Gasteiger partial charge < -0.3 is 19.8 Å². The Balaban J connectivity index is 2.01. The first kappa shape index (κ1) is 25.3. The molecule has 2 amide bonds. The standard InChI is InChI=1S/C25H25N3O7S/c1-13-9-10-36-24(13)20-19(23(30)17-8-7-14(2)35-17)21(15-5-4-6-16(11-15)28(32)33)27(18(29)12-34-3)22(20)25(26)31/h4-11,19-22H,12H2,1-3H3,(H2,26,31). The summed E-state index contributed by atoms with van der Waals surface area (Å²) in [6.45, 7) is 3.18. The monoisotopic (exact) mass is 511 g/mol. The first-order valence-corrected chi connectivity index (χ1v) is 12.0. The summed E-state index contributed by atoms with van der Waals surface area (Å²) < 4.78 is 10.7. The number of hydrogen-bond acceptors (Lipinski definition) is 8. The summed E-state index contributed by atoms with van der Waals surface area (Å²) in [4.78, 5) is 53.3. The van der Waals surface area contributed by atoms with Crippen LogP contribution in [0, 0.1) is 29.9 Å². The summed E-state index contributed by atoms with van der Waals surface area (Å²) >= 11 is 1.35. The maximum Gasteiger partial charge on any atom is 0.269 e. The summed E-state index contributed by atoms with van der Waals surface area (Å²) in [6.07, 6.45) is 0. The molecule has 0 radical (unpaired) electrons. The molecule has 0 bridgehead atoms. The van der Waals surface area contributed by atoms with Crippen LogP contribution in [0.15, 0.2) is 52.3 Å². The number of ketones is 1. The van der Waals surface area contributed by atoms with E-state index in [9.17, 15) is 24.5 Å². The van der Waals surface area contributed by atoms with Gasteiger partial charge >= 0.3 is 0 Å². The number of ether oxygens (including phenoxy) is 1. The number of Topliss-reactive ketones (excluding diaryl/α,β-unsaturated/α-hetero) is 1. The van der Waals surface area contributed by atoms with Crippen molar-refractivity contribution in [3.05, 3.63) is 85.5 Å².